The lowest BCUT2D eigenvalue weighted by atomic mass is 9.55. The lowest BCUT2D eigenvalue weighted by Crippen LogP contribution is -2.70. The summed E-state index contributed by atoms with van der Waals surface area (Å²) in [4.78, 5) is 34.0. The molecule has 6 atom stereocenters. The van der Waals surface area contributed by atoms with Gasteiger partial charge >= 0.3 is 6.09 Å². The van der Waals surface area contributed by atoms with Crippen molar-refractivity contribution in [3.8, 4) is 11.5 Å². The van der Waals surface area contributed by atoms with Crippen LogP contribution in [-0.2, 0) is 20.9 Å². The molecule has 1 fully saturated rings. The van der Waals surface area contributed by atoms with E-state index in [4.69, 9.17) is 40.5 Å². The van der Waals surface area contributed by atoms with Crippen molar-refractivity contribution in [3.05, 3.63) is 118 Å². The summed E-state index contributed by atoms with van der Waals surface area (Å²) in [5.74, 6) is 0.0963. The zero-order valence-electron chi connectivity index (χ0n) is 36.0. The molecule has 2 N–H and O–H groups in total. The van der Waals surface area contributed by atoms with Gasteiger partial charge in [-0.25, -0.2) is 4.79 Å². The van der Waals surface area contributed by atoms with Crippen LogP contribution < -0.4 is 9.47 Å². The number of hydrogen-bond donors (Lipinski definition) is 2. The molecule has 13 nitrogen and oxygen atoms in total. The highest BCUT2D eigenvalue weighted by atomic mass is 35.5. The molecule has 2 aliphatic carbocycles. The SMILES string of the molecule is C=CCOC12Oc3ccc(OCCSc4ccccc4)cc3C3C(CCCCO)C(CCCCO)C=C(C(=NOCc4ccc([N+](=O)[O-])cc4)CC1N(CCC)C(=O)OCCCl)C32. The van der Waals surface area contributed by atoms with Crippen LogP contribution in [-0.4, -0.2) is 94.9 Å². The first-order chi connectivity index (χ1) is 30.8. The average molecular weight is 907 g/mol. The minimum Gasteiger partial charge on any atom is -0.493 e. The Morgan fingerprint density at radius 3 is 2.52 bits per heavy atom. The highest BCUT2D eigenvalue weighted by Gasteiger charge is 2.65. The summed E-state index contributed by atoms with van der Waals surface area (Å²) in [5, 5.41) is 36.0. The number of thioether (sulfide) groups is 1. The quantitative estimate of drug-likeness (QED) is 0.0208. The van der Waals surface area contributed by atoms with Crippen LogP contribution in [0.25, 0.3) is 0 Å². The van der Waals surface area contributed by atoms with E-state index in [9.17, 15) is 25.1 Å². The number of allylic oxidation sites excluding steroid dienone is 1. The Bertz CT molecular complexity index is 2020. The minimum atomic E-state index is -1.44. The maximum absolute atomic E-state index is 14.2. The number of rotatable bonds is 25. The second kappa shape index (κ2) is 23.9. The number of aliphatic hydroxyl groups is 2. The normalized spacial score (nSPS) is 22.8. The third-order valence-electron chi connectivity index (χ3n) is 11.9. The topological polar surface area (TPSA) is 162 Å². The van der Waals surface area contributed by atoms with E-state index in [1.807, 2.05) is 37.3 Å². The first-order valence-electron chi connectivity index (χ1n) is 22.0. The van der Waals surface area contributed by atoms with Gasteiger partial charge in [0.05, 0.1) is 35.6 Å². The van der Waals surface area contributed by atoms with Gasteiger partial charge in [-0.05, 0) is 97.5 Å². The summed E-state index contributed by atoms with van der Waals surface area (Å²) >= 11 is 7.76. The van der Waals surface area contributed by atoms with Crippen molar-refractivity contribution in [2.75, 3.05) is 51.2 Å². The van der Waals surface area contributed by atoms with Gasteiger partial charge in [-0.2, -0.15) is 0 Å². The molecule has 1 saturated carbocycles. The van der Waals surface area contributed by atoms with Gasteiger partial charge in [-0.1, -0.05) is 55.3 Å². The number of aliphatic hydroxyl groups excluding tert-OH is 2. The fraction of sp³-hybridized carbons (Fsp3) is 0.500. The number of carbonyl (C=O) groups is 1. The maximum Gasteiger partial charge on any atom is 0.410 e. The number of ether oxygens (including phenoxy) is 4. The molecule has 3 aromatic rings. The van der Waals surface area contributed by atoms with E-state index >= 15 is 0 Å². The van der Waals surface area contributed by atoms with E-state index in [0.29, 0.717) is 55.2 Å². The van der Waals surface area contributed by atoms with E-state index < -0.39 is 28.8 Å². The fourth-order valence-electron chi connectivity index (χ4n) is 9.30. The van der Waals surface area contributed by atoms with Crippen LogP contribution in [0.4, 0.5) is 10.5 Å². The number of fused-ring (bicyclic) bond motifs is 2. The first kappa shape index (κ1) is 47.9. The van der Waals surface area contributed by atoms with E-state index in [-0.39, 0.29) is 68.8 Å². The summed E-state index contributed by atoms with van der Waals surface area (Å²) in [6, 6.07) is 21.5. The van der Waals surface area contributed by atoms with Crippen LogP contribution in [0.15, 0.2) is 107 Å². The zero-order chi connectivity index (χ0) is 44.6. The van der Waals surface area contributed by atoms with Crippen molar-refractivity contribution in [1.29, 1.82) is 0 Å². The van der Waals surface area contributed by atoms with Gasteiger partial charge in [0.25, 0.3) is 5.69 Å². The fourth-order valence-corrected chi connectivity index (χ4v) is 10.1. The number of non-ortho nitro benzene ring substituents is 1. The molecule has 0 spiro atoms. The van der Waals surface area contributed by atoms with Gasteiger partial charge in [0.15, 0.2) is 0 Å². The Labute approximate surface area is 379 Å². The predicted molar refractivity (Wildman–Crippen MR) is 245 cm³/mol. The van der Waals surface area contributed by atoms with E-state index in [1.54, 1.807) is 34.9 Å². The molecular formula is C48H60ClN3O10S. The predicted octanol–water partition coefficient (Wildman–Crippen LogP) is 9.69. The molecule has 0 saturated heterocycles. The van der Waals surface area contributed by atoms with Gasteiger partial charge in [0.1, 0.15) is 30.8 Å². The lowest BCUT2D eigenvalue weighted by molar-refractivity contribution is -0.384. The van der Waals surface area contributed by atoms with E-state index in [1.165, 1.54) is 17.0 Å². The number of halogens is 1. The smallest absolute Gasteiger partial charge is 0.410 e. The Morgan fingerprint density at radius 2 is 1.83 bits per heavy atom. The minimum absolute atomic E-state index is 0.0170. The van der Waals surface area contributed by atoms with Crippen LogP contribution in [0.1, 0.15) is 75.3 Å². The monoisotopic (exact) mass is 905 g/mol. The second-order valence-electron chi connectivity index (χ2n) is 16.0. The summed E-state index contributed by atoms with van der Waals surface area (Å²) in [6.07, 6.45) is 8.67. The third-order valence-corrected chi connectivity index (χ3v) is 13.1. The number of unbranched alkanes of at least 4 members (excludes halogenated alkanes) is 2. The summed E-state index contributed by atoms with van der Waals surface area (Å²) in [5.41, 5.74) is 3.14. The molecule has 6 unspecified atom stereocenters. The van der Waals surface area contributed by atoms with Crippen LogP contribution in [0, 0.1) is 27.9 Å². The van der Waals surface area contributed by atoms with Crippen molar-refractivity contribution in [1.82, 2.24) is 4.90 Å². The van der Waals surface area contributed by atoms with Gasteiger partial charge < -0.3 is 34.0 Å². The second-order valence-corrected chi connectivity index (χ2v) is 17.5. The third kappa shape index (κ3) is 11.8. The number of nitro groups is 1. The number of hydrogen-bond acceptors (Lipinski definition) is 12. The van der Waals surface area contributed by atoms with Crippen LogP contribution >= 0.6 is 23.4 Å². The van der Waals surface area contributed by atoms with Crippen molar-refractivity contribution >= 4 is 40.9 Å². The number of carbonyl (C=O) groups excluding carboxylic acids is 1. The van der Waals surface area contributed by atoms with Crippen LogP contribution in [0.2, 0.25) is 0 Å². The van der Waals surface area contributed by atoms with Gasteiger partial charge in [-0.3, -0.25) is 15.0 Å². The largest absolute Gasteiger partial charge is 0.493 e. The summed E-state index contributed by atoms with van der Waals surface area (Å²) in [7, 11) is 0. The molecule has 1 heterocycles. The number of alkyl halides is 1. The zero-order valence-corrected chi connectivity index (χ0v) is 37.6. The van der Waals surface area contributed by atoms with E-state index in [2.05, 4.69) is 30.9 Å². The average Bonchev–Trinajstić information content (AvgIpc) is 3.30. The standard InChI is InChI=1S/C48H60ClN3O10S/c1-3-23-51(47(55)59-27-22-49)44-32-42(50-61-33-34-16-18-36(19-17-34)52(56)57)40-30-35(12-8-10-24-53)39(15-9-11-25-54)45-41-31-37(58-28-29-63-38-13-6-5-7-14-38)20-21-43(41)62-48(44,46(40)45)60-26-4-2/h4-7,13-14,16-21,30-31,35,39,44-46,53-54H,2-3,8-12,15,22-29,32-33H2,1H3. The van der Waals surface area contributed by atoms with E-state index in [0.717, 1.165) is 42.6 Å². The number of benzene rings is 3. The highest BCUT2D eigenvalue weighted by molar-refractivity contribution is 7.99. The Balaban J connectivity index is 1.50. The molecule has 0 aromatic heterocycles. The Hall–Kier alpha value is -4.60. The molecule has 15 heteroatoms. The molecule has 3 aromatic carbocycles. The van der Waals surface area contributed by atoms with Crippen LogP contribution in [0.5, 0.6) is 11.5 Å². The van der Waals surface area contributed by atoms with Crippen molar-refractivity contribution in [2.45, 2.75) is 87.5 Å². The van der Waals surface area contributed by atoms with Crippen molar-refractivity contribution in [2.24, 2.45) is 22.9 Å². The highest BCUT2D eigenvalue weighted by Crippen LogP contribution is 2.62. The first-order valence-corrected chi connectivity index (χ1v) is 23.5. The molecule has 1 amide bonds. The van der Waals surface area contributed by atoms with Gasteiger partial charge in [0, 0.05) is 60.4 Å². The number of amides is 1. The number of nitrogens with zero attached hydrogens (tertiary/aromatic N) is 3. The molecular weight excluding hydrogens is 846 g/mol. The maximum atomic E-state index is 14.2. The molecule has 0 bridgehead atoms. The molecule has 3 aliphatic rings. The number of oxime groups is 1. The summed E-state index contributed by atoms with van der Waals surface area (Å²) in [6.45, 7) is 7.15. The molecule has 340 valence electrons. The molecule has 63 heavy (non-hydrogen) atoms. The Morgan fingerprint density at radius 1 is 1.06 bits per heavy atom. The summed E-state index contributed by atoms with van der Waals surface area (Å²) < 4.78 is 26.5. The number of nitro benzene ring substituents is 1. The lowest BCUT2D eigenvalue weighted by Gasteiger charge is -2.59. The van der Waals surface area contributed by atoms with Gasteiger partial charge in [-0.15, -0.1) is 29.9 Å². The van der Waals surface area contributed by atoms with Crippen molar-refractivity contribution in [3.63, 3.8) is 0 Å². The van der Waals surface area contributed by atoms with Crippen LogP contribution in [0.3, 0.4) is 0 Å². The molecule has 1 aliphatic heterocycles. The molecule has 0 radical (unpaired) electrons. The van der Waals surface area contributed by atoms with Crippen molar-refractivity contribution < 1.29 is 43.7 Å². The molecule has 6 rings (SSSR count). The Kier molecular flexibility index (Phi) is 18.2. The van der Waals surface area contributed by atoms with Gasteiger partial charge in [0.2, 0.25) is 5.79 Å².